The third-order valence-corrected chi connectivity index (χ3v) is 3.93. The maximum Gasteiger partial charge on any atom is 0.221 e. The normalized spacial score (nSPS) is 11.1. The number of hydrogen-bond donors (Lipinski definition) is 1. The van der Waals surface area contributed by atoms with Gasteiger partial charge in [-0.25, -0.2) is 0 Å². The van der Waals surface area contributed by atoms with Crippen LogP contribution < -0.4 is 5.32 Å². The average Bonchev–Trinajstić information content (AvgIpc) is 2.99. The lowest BCUT2D eigenvalue weighted by Gasteiger charge is -2.09. The highest BCUT2D eigenvalue weighted by Crippen LogP contribution is 2.29. The van der Waals surface area contributed by atoms with E-state index in [1.807, 2.05) is 55.5 Å². The number of aryl methyl sites for hydroxylation is 1. The van der Waals surface area contributed by atoms with E-state index in [-0.39, 0.29) is 5.91 Å². The molecule has 0 saturated heterocycles. The van der Waals surface area contributed by atoms with Gasteiger partial charge in [0, 0.05) is 23.3 Å². The number of rotatable bonds is 2. The van der Waals surface area contributed by atoms with Gasteiger partial charge in [-0.05, 0) is 19.1 Å². The first-order valence-electron chi connectivity index (χ1n) is 7.63. The van der Waals surface area contributed by atoms with Crippen LogP contribution in [-0.4, -0.2) is 25.7 Å². The Hall–Kier alpha value is -3.28. The van der Waals surface area contributed by atoms with Crippen LogP contribution in [0.15, 0.2) is 48.5 Å². The number of para-hydroxylation sites is 1. The Morgan fingerprint density at radius 1 is 1.00 bits per heavy atom. The van der Waals surface area contributed by atoms with Gasteiger partial charge in [-0.2, -0.15) is 9.61 Å². The fraction of sp³-hybridized carbons (Fsp3) is 0.111. The number of fused-ring (bicyclic) bond motifs is 3. The van der Waals surface area contributed by atoms with Crippen molar-refractivity contribution in [3.63, 3.8) is 0 Å². The summed E-state index contributed by atoms with van der Waals surface area (Å²) in [6, 6.07) is 15.5. The minimum absolute atomic E-state index is 0.133. The summed E-state index contributed by atoms with van der Waals surface area (Å²) in [5.41, 5.74) is 3.06. The minimum atomic E-state index is -0.133. The summed E-state index contributed by atoms with van der Waals surface area (Å²) < 4.78 is 1.73. The van der Waals surface area contributed by atoms with Crippen LogP contribution in [0.3, 0.4) is 0 Å². The fourth-order valence-corrected chi connectivity index (χ4v) is 2.88. The van der Waals surface area contributed by atoms with Gasteiger partial charge in [-0.1, -0.05) is 36.4 Å². The van der Waals surface area contributed by atoms with E-state index in [0.29, 0.717) is 17.2 Å². The number of carbonyl (C=O) groups excluding carboxylic acids is 1. The minimum Gasteiger partial charge on any atom is -0.326 e. The molecule has 0 unspecified atom stereocenters. The molecule has 2 heterocycles. The molecule has 1 N–H and O–H groups in total. The van der Waals surface area contributed by atoms with E-state index in [4.69, 9.17) is 0 Å². The Kier molecular flexibility index (Phi) is 3.23. The van der Waals surface area contributed by atoms with E-state index in [2.05, 4.69) is 20.6 Å². The summed E-state index contributed by atoms with van der Waals surface area (Å²) in [5.74, 6) is 0.467. The van der Waals surface area contributed by atoms with Crippen molar-refractivity contribution in [3.8, 4) is 11.4 Å². The van der Waals surface area contributed by atoms with Crippen molar-refractivity contribution in [2.45, 2.75) is 13.8 Å². The number of hydrogen-bond acceptors (Lipinski definition) is 4. The molecule has 118 valence electrons. The van der Waals surface area contributed by atoms with E-state index in [9.17, 15) is 4.79 Å². The van der Waals surface area contributed by atoms with Crippen LogP contribution in [0.4, 0.5) is 5.69 Å². The molecule has 2 aromatic carbocycles. The Labute approximate surface area is 138 Å². The van der Waals surface area contributed by atoms with Crippen LogP contribution >= 0.6 is 0 Å². The molecule has 0 aliphatic carbocycles. The number of nitrogens with one attached hydrogen (secondary N) is 1. The predicted octanol–water partition coefficient (Wildman–Crippen LogP) is 3.21. The molecule has 1 amide bonds. The Bertz CT molecular complexity index is 1080. The average molecular weight is 317 g/mol. The quantitative estimate of drug-likeness (QED) is 0.616. The molecule has 0 bridgehead atoms. The second-order valence-corrected chi connectivity index (χ2v) is 5.62. The number of benzene rings is 2. The zero-order chi connectivity index (χ0) is 16.7. The first kappa shape index (κ1) is 14.3. The van der Waals surface area contributed by atoms with Gasteiger partial charge in [0.05, 0.1) is 11.4 Å². The summed E-state index contributed by atoms with van der Waals surface area (Å²) in [6.45, 7) is 3.44. The van der Waals surface area contributed by atoms with E-state index in [1.165, 1.54) is 6.92 Å². The van der Waals surface area contributed by atoms with Crippen LogP contribution in [0.25, 0.3) is 27.8 Å². The number of aromatic nitrogens is 4. The largest absolute Gasteiger partial charge is 0.326 e. The molecule has 4 rings (SSSR count). The summed E-state index contributed by atoms with van der Waals surface area (Å²) in [6.07, 6.45) is 0. The van der Waals surface area contributed by atoms with Gasteiger partial charge in [-0.3, -0.25) is 4.79 Å². The van der Waals surface area contributed by atoms with Gasteiger partial charge in [0.25, 0.3) is 0 Å². The summed E-state index contributed by atoms with van der Waals surface area (Å²) in [4.78, 5) is 11.5. The van der Waals surface area contributed by atoms with Crippen molar-refractivity contribution >= 4 is 28.0 Å². The molecule has 4 aromatic rings. The van der Waals surface area contributed by atoms with Gasteiger partial charge in [-0.15, -0.1) is 10.2 Å². The summed E-state index contributed by atoms with van der Waals surface area (Å²) in [7, 11) is 0. The molecule has 0 spiro atoms. The molecule has 0 aliphatic rings. The van der Waals surface area contributed by atoms with Crippen molar-refractivity contribution in [1.82, 2.24) is 19.8 Å². The van der Waals surface area contributed by atoms with E-state index in [0.717, 1.165) is 22.0 Å². The van der Waals surface area contributed by atoms with Crippen LogP contribution in [0.1, 0.15) is 12.6 Å². The molecule has 0 saturated carbocycles. The molecule has 2 aromatic heterocycles. The SMILES string of the molecule is CC(=O)Nc1ccccc1-c1nnc2c3ccccc3c(C)nn12. The molecule has 6 nitrogen and oxygen atoms in total. The lowest BCUT2D eigenvalue weighted by molar-refractivity contribution is -0.114. The molecule has 0 atom stereocenters. The standard InChI is InChI=1S/C18H15N5O/c1-11-13-7-3-4-8-14(13)17-20-21-18(23(17)22-11)15-9-5-6-10-16(15)19-12(2)24/h3-10H,1-2H3,(H,19,24). The first-order chi connectivity index (χ1) is 11.6. The molecule has 0 radical (unpaired) electrons. The molecule has 6 heteroatoms. The zero-order valence-electron chi connectivity index (χ0n) is 13.3. The third kappa shape index (κ3) is 2.20. The Morgan fingerprint density at radius 2 is 1.71 bits per heavy atom. The number of amides is 1. The number of carbonyl (C=O) groups is 1. The molecular formula is C18H15N5O. The molecular weight excluding hydrogens is 302 g/mol. The highest BCUT2D eigenvalue weighted by atomic mass is 16.1. The first-order valence-corrected chi connectivity index (χ1v) is 7.63. The van der Waals surface area contributed by atoms with Gasteiger partial charge in [0.1, 0.15) is 0 Å². The number of nitrogens with zero attached hydrogens (tertiary/aromatic N) is 4. The van der Waals surface area contributed by atoms with Crippen LogP contribution in [0, 0.1) is 6.92 Å². The number of anilines is 1. The second-order valence-electron chi connectivity index (χ2n) is 5.62. The Balaban J connectivity index is 2.01. The van der Waals surface area contributed by atoms with E-state index >= 15 is 0 Å². The smallest absolute Gasteiger partial charge is 0.221 e. The van der Waals surface area contributed by atoms with Crippen molar-refractivity contribution in [3.05, 3.63) is 54.2 Å². The Morgan fingerprint density at radius 3 is 2.50 bits per heavy atom. The maximum absolute atomic E-state index is 11.5. The van der Waals surface area contributed by atoms with Crippen LogP contribution in [0.2, 0.25) is 0 Å². The van der Waals surface area contributed by atoms with Gasteiger partial charge in [0.2, 0.25) is 5.91 Å². The zero-order valence-corrected chi connectivity index (χ0v) is 13.3. The highest BCUT2D eigenvalue weighted by molar-refractivity contribution is 5.96. The van der Waals surface area contributed by atoms with Gasteiger partial charge < -0.3 is 5.32 Å². The third-order valence-electron chi connectivity index (χ3n) is 3.93. The van der Waals surface area contributed by atoms with Gasteiger partial charge >= 0.3 is 0 Å². The molecule has 0 aliphatic heterocycles. The van der Waals surface area contributed by atoms with Crippen LogP contribution in [-0.2, 0) is 4.79 Å². The van der Waals surface area contributed by atoms with Crippen molar-refractivity contribution < 1.29 is 4.79 Å². The lowest BCUT2D eigenvalue weighted by Crippen LogP contribution is -2.08. The molecule has 24 heavy (non-hydrogen) atoms. The maximum atomic E-state index is 11.5. The van der Waals surface area contributed by atoms with Crippen molar-refractivity contribution in [2.24, 2.45) is 0 Å². The van der Waals surface area contributed by atoms with Crippen molar-refractivity contribution in [1.29, 1.82) is 0 Å². The van der Waals surface area contributed by atoms with Crippen molar-refractivity contribution in [2.75, 3.05) is 5.32 Å². The lowest BCUT2D eigenvalue weighted by atomic mass is 10.1. The highest BCUT2D eigenvalue weighted by Gasteiger charge is 2.16. The van der Waals surface area contributed by atoms with E-state index in [1.54, 1.807) is 4.52 Å². The fourth-order valence-electron chi connectivity index (χ4n) is 2.88. The van der Waals surface area contributed by atoms with Crippen LogP contribution in [0.5, 0.6) is 0 Å². The van der Waals surface area contributed by atoms with Gasteiger partial charge in [0.15, 0.2) is 11.5 Å². The summed E-state index contributed by atoms with van der Waals surface area (Å²) >= 11 is 0. The predicted molar refractivity (Wildman–Crippen MR) is 92.8 cm³/mol. The topological polar surface area (TPSA) is 72.2 Å². The molecule has 0 fully saturated rings. The second kappa shape index (κ2) is 5.42. The monoisotopic (exact) mass is 317 g/mol. The van der Waals surface area contributed by atoms with E-state index < -0.39 is 0 Å². The summed E-state index contributed by atoms with van der Waals surface area (Å²) in [5, 5.41) is 18.2.